The Bertz CT molecular complexity index is 296. The van der Waals surface area contributed by atoms with Crippen molar-refractivity contribution in [3.05, 3.63) is 30.8 Å². The van der Waals surface area contributed by atoms with Crippen molar-refractivity contribution in [3.63, 3.8) is 0 Å². The van der Waals surface area contributed by atoms with Gasteiger partial charge in [-0.3, -0.25) is 0 Å². The van der Waals surface area contributed by atoms with Crippen LogP contribution in [0.25, 0.3) is 0 Å². The van der Waals surface area contributed by atoms with Crippen molar-refractivity contribution in [2.75, 3.05) is 13.7 Å². The highest BCUT2D eigenvalue weighted by molar-refractivity contribution is 5.50. The largest absolute Gasteiger partial charge is 0.496 e. The van der Waals surface area contributed by atoms with E-state index in [1.807, 2.05) is 12.1 Å². The zero-order valence-corrected chi connectivity index (χ0v) is 7.26. The van der Waals surface area contributed by atoms with E-state index in [4.69, 9.17) is 4.74 Å². The summed E-state index contributed by atoms with van der Waals surface area (Å²) in [5.74, 6) is 1.01. The summed E-state index contributed by atoms with van der Waals surface area (Å²) in [5, 5.41) is 0. The van der Waals surface area contributed by atoms with Crippen molar-refractivity contribution < 1.29 is 9.64 Å². The second-order valence-electron chi connectivity index (χ2n) is 3.09. The molecule has 0 fully saturated rings. The molecule has 1 aliphatic rings. The number of hydrogen-bond donors (Lipinski definition) is 1. The lowest BCUT2D eigenvalue weighted by molar-refractivity contribution is -0.775. The van der Waals surface area contributed by atoms with Gasteiger partial charge in [-0.05, 0) is 12.1 Å². The number of methoxy groups -OCH3 is 1. The van der Waals surface area contributed by atoms with Gasteiger partial charge < -0.3 is 9.64 Å². The van der Waals surface area contributed by atoms with Crippen LogP contribution in [0.15, 0.2) is 18.2 Å². The van der Waals surface area contributed by atoms with Gasteiger partial charge in [0, 0.05) is 6.42 Å². The first kappa shape index (κ1) is 7.62. The van der Waals surface area contributed by atoms with Crippen molar-refractivity contribution in [1.29, 1.82) is 0 Å². The Hall–Kier alpha value is -1.02. The monoisotopic (exact) mass is 163 g/mol. The SMILES string of the molecule is [CH2-][NH+]1CCc2c(OC)cccc21. The predicted octanol–water partition coefficient (Wildman–Crippen LogP) is 0.559. The molecule has 0 saturated carbocycles. The van der Waals surface area contributed by atoms with Crippen LogP contribution in [0.3, 0.4) is 0 Å². The van der Waals surface area contributed by atoms with Gasteiger partial charge in [0.15, 0.2) is 0 Å². The Morgan fingerprint density at radius 3 is 3.08 bits per heavy atom. The second kappa shape index (κ2) is 2.79. The molecule has 1 aromatic rings. The van der Waals surface area contributed by atoms with Crippen LogP contribution in [0, 0.1) is 7.05 Å². The molecule has 0 aliphatic carbocycles. The zero-order valence-electron chi connectivity index (χ0n) is 7.26. The quantitative estimate of drug-likeness (QED) is 0.597. The minimum Gasteiger partial charge on any atom is -0.496 e. The third-order valence-electron chi connectivity index (χ3n) is 2.41. The number of hydrogen-bond acceptors (Lipinski definition) is 1. The first-order valence-corrected chi connectivity index (χ1v) is 4.17. The molecule has 12 heavy (non-hydrogen) atoms. The van der Waals surface area contributed by atoms with Gasteiger partial charge in [-0.2, -0.15) is 0 Å². The molecule has 1 aromatic carbocycles. The molecule has 0 aromatic heterocycles. The molecule has 1 aliphatic heterocycles. The maximum Gasteiger partial charge on any atom is 0.128 e. The van der Waals surface area contributed by atoms with E-state index >= 15 is 0 Å². The van der Waals surface area contributed by atoms with Gasteiger partial charge >= 0.3 is 0 Å². The predicted molar refractivity (Wildman–Crippen MR) is 47.5 cm³/mol. The molecule has 0 radical (unpaired) electrons. The molecule has 2 heteroatoms. The maximum atomic E-state index is 5.26. The van der Waals surface area contributed by atoms with E-state index in [0.717, 1.165) is 18.7 Å². The van der Waals surface area contributed by atoms with Gasteiger partial charge in [0.1, 0.15) is 11.4 Å². The molecule has 64 valence electrons. The lowest BCUT2D eigenvalue weighted by Gasteiger charge is -2.13. The van der Waals surface area contributed by atoms with Crippen LogP contribution in [0.5, 0.6) is 5.75 Å². The molecule has 1 unspecified atom stereocenters. The van der Waals surface area contributed by atoms with Crippen LogP contribution in [0.2, 0.25) is 0 Å². The molecule has 0 bridgehead atoms. The van der Waals surface area contributed by atoms with Crippen molar-refractivity contribution >= 4 is 5.69 Å². The molecule has 1 heterocycles. The van der Waals surface area contributed by atoms with E-state index < -0.39 is 0 Å². The van der Waals surface area contributed by atoms with Gasteiger partial charge in [0.2, 0.25) is 0 Å². The smallest absolute Gasteiger partial charge is 0.128 e. The fourth-order valence-electron chi connectivity index (χ4n) is 1.76. The summed E-state index contributed by atoms with van der Waals surface area (Å²) in [6.07, 6.45) is 1.08. The van der Waals surface area contributed by atoms with Crippen LogP contribution in [0.1, 0.15) is 5.56 Å². The van der Waals surface area contributed by atoms with E-state index in [1.165, 1.54) is 16.2 Å². The Kier molecular flexibility index (Phi) is 1.77. The number of rotatable bonds is 1. The summed E-state index contributed by atoms with van der Waals surface area (Å²) in [4.78, 5) is 1.24. The Labute approximate surface area is 72.8 Å². The van der Waals surface area contributed by atoms with Crippen molar-refractivity contribution in [1.82, 2.24) is 0 Å². The third kappa shape index (κ3) is 0.994. The van der Waals surface area contributed by atoms with E-state index in [2.05, 4.69) is 13.1 Å². The standard InChI is InChI=1S/C10H13NO/c1-11-7-6-8-9(11)4-3-5-10(8)12-2/h3-5,11H,1,6-7H2,2H3. The summed E-state index contributed by atoms with van der Waals surface area (Å²) < 4.78 is 5.26. The fourth-order valence-corrected chi connectivity index (χ4v) is 1.76. The van der Waals surface area contributed by atoms with Gasteiger partial charge in [0.25, 0.3) is 0 Å². The lowest BCUT2D eigenvalue weighted by Crippen LogP contribution is -3.00. The minimum absolute atomic E-state index is 1.01. The highest BCUT2D eigenvalue weighted by Gasteiger charge is 2.20. The average Bonchev–Trinajstić information content (AvgIpc) is 2.48. The number of ether oxygens (including phenoxy) is 1. The summed E-state index contributed by atoms with van der Waals surface area (Å²) in [5.41, 5.74) is 2.61. The molecule has 2 rings (SSSR count). The molecule has 1 N–H and O–H groups in total. The summed E-state index contributed by atoms with van der Waals surface area (Å²) in [7, 11) is 5.73. The number of quaternary nitrogens is 1. The van der Waals surface area contributed by atoms with E-state index in [0.29, 0.717) is 0 Å². The van der Waals surface area contributed by atoms with Gasteiger partial charge in [-0.25, -0.2) is 0 Å². The molecule has 0 amide bonds. The Balaban J connectivity index is 2.50. The van der Waals surface area contributed by atoms with E-state index in [1.54, 1.807) is 7.11 Å². The van der Waals surface area contributed by atoms with Gasteiger partial charge in [-0.1, -0.05) is 6.07 Å². The average molecular weight is 163 g/mol. The van der Waals surface area contributed by atoms with Crippen molar-refractivity contribution in [3.8, 4) is 5.75 Å². The topological polar surface area (TPSA) is 13.7 Å². The van der Waals surface area contributed by atoms with E-state index in [-0.39, 0.29) is 0 Å². The van der Waals surface area contributed by atoms with Gasteiger partial charge in [0.05, 0.1) is 19.2 Å². The van der Waals surface area contributed by atoms with Crippen LogP contribution in [-0.2, 0) is 6.42 Å². The highest BCUT2D eigenvalue weighted by Crippen LogP contribution is 2.26. The first-order valence-electron chi connectivity index (χ1n) is 4.17. The number of benzene rings is 1. The fraction of sp³-hybridized carbons (Fsp3) is 0.300. The number of nitrogens with one attached hydrogen (secondary N) is 1. The molecular weight excluding hydrogens is 150 g/mol. The highest BCUT2D eigenvalue weighted by atomic mass is 16.5. The summed E-state index contributed by atoms with van der Waals surface area (Å²) >= 11 is 0. The minimum atomic E-state index is 1.01. The molecule has 0 spiro atoms. The Morgan fingerprint density at radius 2 is 2.33 bits per heavy atom. The van der Waals surface area contributed by atoms with Crippen LogP contribution in [0.4, 0.5) is 5.69 Å². The number of fused-ring (bicyclic) bond motifs is 1. The van der Waals surface area contributed by atoms with Gasteiger partial charge in [-0.15, -0.1) is 7.05 Å². The summed E-state index contributed by atoms with van der Waals surface area (Å²) in [6, 6.07) is 6.15. The Morgan fingerprint density at radius 1 is 1.50 bits per heavy atom. The van der Waals surface area contributed by atoms with Crippen molar-refractivity contribution in [2.45, 2.75) is 6.42 Å². The molecule has 2 nitrogen and oxygen atoms in total. The van der Waals surface area contributed by atoms with Crippen LogP contribution in [-0.4, -0.2) is 13.7 Å². The van der Waals surface area contributed by atoms with Crippen LogP contribution < -0.4 is 9.64 Å². The van der Waals surface area contributed by atoms with Crippen LogP contribution >= 0.6 is 0 Å². The second-order valence-corrected chi connectivity index (χ2v) is 3.09. The van der Waals surface area contributed by atoms with Crippen molar-refractivity contribution in [2.24, 2.45) is 0 Å². The lowest BCUT2D eigenvalue weighted by atomic mass is 10.1. The molecular formula is C10H13NO. The maximum absolute atomic E-state index is 5.26. The normalized spacial score (nSPS) is 20.7. The molecule has 1 atom stereocenters. The third-order valence-corrected chi connectivity index (χ3v) is 2.41. The zero-order chi connectivity index (χ0) is 8.55. The first-order chi connectivity index (χ1) is 5.83. The molecule has 0 saturated heterocycles. The van der Waals surface area contributed by atoms with E-state index in [9.17, 15) is 0 Å². The summed E-state index contributed by atoms with van der Waals surface area (Å²) in [6.45, 7) is 1.08.